The van der Waals surface area contributed by atoms with Crippen LogP contribution in [0.3, 0.4) is 0 Å². The molecule has 2 nitrogen and oxygen atoms in total. The summed E-state index contributed by atoms with van der Waals surface area (Å²) < 4.78 is 5.72. The van der Waals surface area contributed by atoms with Gasteiger partial charge in [-0.3, -0.25) is 0 Å². The van der Waals surface area contributed by atoms with Crippen molar-refractivity contribution in [1.29, 1.82) is 0 Å². The summed E-state index contributed by atoms with van der Waals surface area (Å²) in [5.74, 6) is 0.996. The summed E-state index contributed by atoms with van der Waals surface area (Å²) in [6.07, 6.45) is 2.18. The van der Waals surface area contributed by atoms with E-state index in [2.05, 4.69) is 51.0 Å². The van der Waals surface area contributed by atoms with Crippen molar-refractivity contribution in [2.45, 2.75) is 26.7 Å². The van der Waals surface area contributed by atoms with Crippen LogP contribution in [0.15, 0.2) is 18.2 Å². The molecule has 0 amide bonds. The van der Waals surface area contributed by atoms with Gasteiger partial charge in [0, 0.05) is 6.54 Å². The standard InChI is InChI=1S/C14H23NO/c1-5-12-7-8-14(11-13(12)6-2)16-10-9-15(3)4/h7-8,11H,5-6,9-10H2,1-4H3. The Kier molecular flexibility index (Phi) is 5.33. The number of hydrogen-bond donors (Lipinski definition) is 0. The molecule has 0 saturated carbocycles. The van der Waals surface area contributed by atoms with E-state index in [1.807, 2.05) is 0 Å². The Balaban J connectivity index is 2.60. The number of benzene rings is 1. The van der Waals surface area contributed by atoms with Gasteiger partial charge in [0.1, 0.15) is 12.4 Å². The highest BCUT2D eigenvalue weighted by Gasteiger charge is 2.01. The van der Waals surface area contributed by atoms with Gasteiger partial charge in [0.25, 0.3) is 0 Å². The van der Waals surface area contributed by atoms with Gasteiger partial charge in [0.2, 0.25) is 0 Å². The molecule has 1 rings (SSSR count). The zero-order valence-corrected chi connectivity index (χ0v) is 10.9. The van der Waals surface area contributed by atoms with Crippen LogP contribution in [0.2, 0.25) is 0 Å². The Morgan fingerprint density at radius 2 is 1.75 bits per heavy atom. The first-order chi connectivity index (χ1) is 7.67. The Morgan fingerprint density at radius 3 is 2.31 bits per heavy atom. The second kappa shape index (κ2) is 6.54. The highest BCUT2D eigenvalue weighted by Crippen LogP contribution is 2.19. The van der Waals surface area contributed by atoms with Gasteiger partial charge in [-0.05, 0) is 50.2 Å². The van der Waals surface area contributed by atoms with Gasteiger partial charge < -0.3 is 9.64 Å². The third-order valence-corrected chi connectivity index (χ3v) is 2.75. The molecule has 0 aromatic heterocycles. The number of likely N-dealkylation sites (N-methyl/N-ethyl adjacent to an activating group) is 1. The fourth-order valence-corrected chi connectivity index (χ4v) is 1.71. The van der Waals surface area contributed by atoms with E-state index in [4.69, 9.17) is 4.74 Å². The van der Waals surface area contributed by atoms with Crippen molar-refractivity contribution in [3.63, 3.8) is 0 Å². The molecule has 0 aliphatic carbocycles. The largest absolute Gasteiger partial charge is 0.492 e. The topological polar surface area (TPSA) is 12.5 Å². The number of aryl methyl sites for hydroxylation is 2. The van der Waals surface area contributed by atoms with E-state index < -0.39 is 0 Å². The van der Waals surface area contributed by atoms with Gasteiger partial charge in [-0.1, -0.05) is 19.9 Å². The second-order valence-electron chi connectivity index (χ2n) is 4.29. The fraction of sp³-hybridized carbons (Fsp3) is 0.571. The first kappa shape index (κ1) is 13.0. The molecule has 0 fully saturated rings. The van der Waals surface area contributed by atoms with Crippen LogP contribution in [0, 0.1) is 0 Å². The molecule has 0 aliphatic rings. The Morgan fingerprint density at radius 1 is 1.06 bits per heavy atom. The molecule has 1 aromatic rings. The van der Waals surface area contributed by atoms with E-state index in [1.54, 1.807) is 0 Å². The third-order valence-electron chi connectivity index (χ3n) is 2.75. The summed E-state index contributed by atoms with van der Waals surface area (Å²) in [6.45, 7) is 6.10. The summed E-state index contributed by atoms with van der Waals surface area (Å²) in [4.78, 5) is 2.13. The van der Waals surface area contributed by atoms with Crippen molar-refractivity contribution in [2.24, 2.45) is 0 Å². The zero-order chi connectivity index (χ0) is 12.0. The van der Waals surface area contributed by atoms with Crippen molar-refractivity contribution in [2.75, 3.05) is 27.2 Å². The van der Waals surface area contributed by atoms with Crippen LogP contribution in [-0.2, 0) is 12.8 Å². The maximum atomic E-state index is 5.72. The number of rotatable bonds is 6. The smallest absolute Gasteiger partial charge is 0.119 e. The molecule has 0 radical (unpaired) electrons. The molecule has 2 heteroatoms. The van der Waals surface area contributed by atoms with Crippen LogP contribution in [0.4, 0.5) is 0 Å². The summed E-state index contributed by atoms with van der Waals surface area (Å²) in [7, 11) is 4.11. The normalized spacial score (nSPS) is 10.8. The molecule has 1 aromatic carbocycles. The number of nitrogens with zero attached hydrogens (tertiary/aromatic N) is 1. The lowest BCUT2D eigenvalue weighted by Gasteiger charge is -2.13. The lowest BCUT2D eigenvalue weighted by molar-refractivity contribution is 0.261. The number of ether oxygens (including phenoxy) is 1. The molecule has 0 aliphatic heterocycles. The third kappa shape index (κ3) is 3.86. The maximum absolute atomic E-state index is 5.72. The molecule has 0 N–H and O–H groups in total. The summed E-state index contributed by atoms with van der Waals surface area (Å²) in [5.41, 5.74) is 2.84. The lowest BCUT2D eigenvalue weighted by Crippen LogP contribution is -2.19. The highest BCUT2D eigenvalue weighted by molar-refractivity contribution is 5.35. The van der Waals surface area contributed by atoms with Crippen LogP contribution in [0.5, 0.6) is 5.75 Å². The average Bonchev–Trinajstić information content (AvgIpc) is 2.28. The maximum Gasteiger partial charge on any atom is 0.119 e. The zero-order valence-electron chi connectivity index (χ0n) is 10.9. The van der Waals surface area contributed by atoms with Gasteiger partial charge in [-0.2, -0.15) is 0 Å². The fourth-order valence-electron chi connectivity index (χ4n) is 1.71. The van der Waals surface area contributed by atoms with E-state index in [-0.39, 0.29) is 0 Å². The van der Waals surface area contributed by atoms with E-state index in [1.165, 1.54) is 11.1 Å². The molecule has 16 heavy (non-hydrogen) atoms. The highest BCUT2D eigenvalue weighted by atomic mass is 16.5. The quantitative estimate of drug-likeness (QED) is 0.732. The first-order valence-corrected chi connectivity index (χ1v) is 6.06. The molecular formula is C14H23NO. The molecule has 0 spiro atoms. The monoisotopic (exact) mass is 221 g/mol. The first-order valence-electron chi connectivity index (χ1n) is 6.06. The predicted molar refractivity (Wildman–Crippen MR) is 69.2 cm³/mol. The summed E-state index contributed by atoms with van der Waals surface area (Å²) in [5, 5.41) is 0. The van der Waals surface area contributed by atoms with E-state index in [9.17, 15) is 0 Å². The second-order valence-corrected chi connectivity index (χ2v) is 4.29. The van der Waals surface area contributed by atoms with E-state index in [0.717, 1.165) is 31.7 Å². The van der Waals surface area contributed by atoms with Gasteiger partial charge in [0.05, 0.1) is 0 Å². The SMILES string of the molecule is CCc1ccc(OCCN(C)C)cc1CC. The predicted octanol–water partition coefficient (Wildman–Crippen LogP) is 2.75. The molecule has 0 saturated heterocycles. The Labute approximate surface area is 99.2 Å². The van der Waals surface area contributed by atoms with Gasteiger partial charge >= 0.3 is 0 Å². The van der Waals surface area contributed by atoms with Crippen molar-refractivity contribution < 1.29 is 4.74 Å². The van der Waals surface area contributed by atoms with E-state index in [0.29, 0.717) is 0 Å². The molecule has 90 valence electrons. The molecule has 0 atom stereocenters. The van der Waals surface area contributed by atoms with Crippen LogP contribution in [0.1, 0.15) is 25.0 Å². The van der Waals surface area contributed by atoms with Crippen LogP contribution >= 0.6 is 0 Å². The van der Waals surface area contributed by atoms with Crippen molar-refractivity contribution >= 4 is 0 Å². The van der Waals surface area contributed by atoms with Crippen molar-refractivity contribution in [3.05, 3.63) is 29.3 Å². The Bertz CT molecular complexity index is 321. The lowest BCUT2D eigenvalue weighted by atomic mass is 10.0. The van der Waals surface area contributed by atoms with Gasteiger partial charge in [0.15, 0.2) is 0 Å². The van der Waals surface area contributed by atoms with E-state index >= 15 is 0 Å². The summed E-state index contributed by atoms with van der Waals surface area (Å²) in [6, 6.07) is 6.44. The van der Waals surface area contributed by atoms with Crippen LogP contribution in [0.25, 0.3) is 0 Å². The summed E-state index contributed by atoms with van der Waals surface area (Å²) >= 11 is 0. The van der Waals surface area contributed by atoms with Gasteiger partial charge in [-0.15, -0.1) is 0 Å². The van der Waals surface area contributed by atoms with Crippen molar-refractivity contribution in [1.82, 2.24) is 4.90 Å². The minimum absolute atomic E-state index is 0.752. The average molecular weight is 221 g/mol. The van der Waals surface area contributed by atoms with Crippen molar-refractivity contribution in [3.8, 4) is 5.75 Å². The minimum Gasteiger partial charge on any atom is -0.492 e. The van der Waals surface area contributed by atoms with Crippen LogP contribution in [-0.4, -0.2) is 32.1 Å². The number of hydrogen-bond acceptors (Lipinski definition) is 2. The molecular weight excluding hydrogens is 198 g/mol. The molecule has 0 heterocycles. The molecule has 0 bridgehead atoms. The Hall–Kier alpha value is -1.02. The van der Waals surface area contributed by atoms with Gasteiger partial charge in [-0.25, -0.2) is 0 Å². The molecule has 0 unspecified atom stereocenters. The van der Waals surface area contributed by atoms with Crippen LogP contribution < -0.4 is 4.74 Å². The minimum atomic E-state index is 0.752.